The molecule has 0 spiro atoms. The van der Waals surface area contributed by atoms with E-state index in [-0.39, 0.29) is 12.5 Å². The van der Waals surface area contributed by atoms with E-state index < -0.39 is 5.60 Å². The third-order valence-electron chi connectivity index (χ3n) is 3.05. The molecule has 0 saturated carbocycles. The average Bonchev–Trinajstić information content (AvgIpc) is 2.70. The molecule has 1 aliphatic heterocycles. The number of aromatic nitrogens is 2. The first-order valence-corrected chi connectivity index (χ1v) is 5.54. The Morgan fingerprint density at radius 3 is 2.75 bits per heavy atom. The second kappa shape index (κ2) is 4.25. The van der Waals surface area contributed by atoms with Crippen LogP contribution in [0.3, 0.4) is 0 Å². The van der Waals surface area contributed by atoms with E-state index in [2.05, 4.69) is 5.10 Å². The Labute approximate surface area is 94.7 Å². The van der Waals surface area contributed by atoms with E-state index in [9.17, 15) is 9.90 Å². The quantitative estimate of drug-likeness (QED) is 0.782. The summed E-state index contributed by atoms with van der Waals surface area (Å²) in [7, 11) is 0. The molecule has 1 amide bonds. The second-order valence-corrected chi connectivity index (χ2v) is 4.58. The van der Waals surface area contributed by atoms with Gasteiger partial charge in [0.05, 0.1) is 5.60 Å². The highest BCUT2D eigenvalue weighted by Crippen LogP contribution is 2.21. The Morgan fingerprint density at radius 1 is 1.50 bits per heavy atom. The van der Waals surface area contributed by atoms with Crippen LogP contribution in [0.4, 0.5) is 0 Å². The fourth-order valence-electron chi connectivity index (χ4n) is 1.87. The number of amides is 1. The summed E-state index contributed by atoms with van der Waals surface area (Å²) in [5.41, 5.74) is -0.609. The molecule has 0 radical (unpaired) electrons. The van der Waals surface area contributed by atoms with Crippen molar-refractivity contribution in [3.8, 4) is 0 Å². The lowest BCUT2D eigenvalue weighted by Crippen LogP contribution is -2.46. The van der Waals surface area contributed by atoms with Gasteiger partial charge in [-0.1, -0.05) is 0 Å². The minimum atomic E-state index is -0.609. The Bertz CT molecular complexity index is 349. The summed E-state index contributed by atoms with van der Waals surface area (Å²) in [5, 5.41) is 13.8. The van der Waals surface area contributed by atoms with Crippen molar-refractivity contribution in [3.05, 3.63) is 18.5 Å². The molecule has 5 heteroatoms. The lowest BCUT2D eigenvalue weighted by Gasteiger charge is -2.35. The molecule has 1 fully saturated rings. The molecule has 5 nitrogen and oxygen atoms in total. The highest BCUT2D eigenvalue weighted by Gasteiger charge is 2.29. The summed E-state index contributed by atoms with van der Waals surface area (Å²) < 4.78 is 1.62. The van der Waals surface area contributed by atoms with Gasteiger partial charge in [-0.3, -0.25) is 9.48 Å². The number of piperidine rings is 1. The van der Waals surface area contributed by atoms with Gasteiger partial charge in [0.2, 0.25) is 5.91 Å². The van der Waals surface area contributed by atoms with Crippen molar-refractivity contribution < 1.29 is 9.90 Å². The van der Waals surface area contributed by atoms with Crippen LogP contribution >= 0.6 is 0 Å². The van der Waals surface area contributed by atoms with E-state index in [1.807, 2.05) is 6.92 Å². The van der Waals surface area contributed by atoms with Gasteiger partial charge in [-0.2, -0.15) is 5.10 Å². The number of likely N-dealkylation sites (tertiary alicyclic amines) is 1. The summed E-state index contributed by atoms with van der Waals surface area (Å²) in [6.07, 6.45) is 4.74. The zero-order valence-electron chi connectivity index (χ0n) is 9.46. The number of aliphatic hydroxyl groups is 1. The molecule has 1 aliphatic rings. The summed E-state index contributed by atoms with van der Waals surface area (Å²) in [6.45, 7) is 3.37. The van der Waals surface area contributed by atoms with Gasteiger partial charge in [-0.25, -0.2) is 0 Å². The summed E-state index contributed by atoms with van der Waals surface area (Å²) in [5.74, 6) is 0.0687. The SMILES string of the molecule is CC1(O)CCN(C(=O)Cn2cccn2)CC1. The molecule has 16 heavy (non-hydrogen) atoms. The van der Waals surface area contributed by atoms with Crippen LogP contribution in [0, 0.1) is 0 Å². The smallest absolute Gasteiger partial charge is 0.244 e. The van der Waals surface area contributed by atoms with Crippen LogP contribution < -0.4 is 0 Å². The van der Waals surface area contributed by atoms with Crippen LogP contribution in [-0.2, 0) is 11.3 Å². The van der Waals surface area contributed by atoms with Crippen molar-refractivity contribution in [2.24, 2.45) is 0 Å². The molecular formula is C11H17N3O2. The fourth-order valence-corrected chi connectivity index (χ4v) is 1.87. The Morgan fingerprint density at radius 2 is 2.19 bits per heavy atom. The minimum Gasteiger partial charge on any atom is -0.390 e. The number of rotatable bonds is 2. The third kappa shape index (κ3) is 2.61. The van der Waals surface area contributed by atoms with Gasteiger partial charge >= 0.3 is 0 Å². The van der Waals surface area contributed by atoms with Crippen molar-refractivity contribution in [2.75, 3.05) is 13.1 Å². The molecule has 0 aromatic carbocycles. The molecule has 0 aliphatic carbocycles. The van der Waals surface area contributed by atoms with E-state index in [0.29, 0.717) is 25.9 Å². The number of hydrogen-bond donors (Lipinski definition) is 1. The molecule has 2 heterocycles. The largest absolute Gasteiger partial charge is 0.390 e. The van der Waals surface area contributed by atoms with Crippen molar-refractivity contribution in [1.82, 2.24) is 14.7 Å². The van der Waals surface area contributed by atoms with E-state index >= 15 is 0 Å². The molecule has 0 bridgehead atoms. The lowest BCUT2D eigenvalue weighted by molar-refractivity contribution is -0.135. The maximum absolute atomic E-state index is 11.9. The van der Waals surface area contributed by atoms with Crippen LogP contribution in [0.2, 0.25) is 0 Å². The van der Waals surface area contributed by atoms with Crippen molar-refractivity contribution in [1.29, 1.82) is 0 Å². The molecule has 2 rings (SSSR count). The molecule has 1 aromatic rings. The zero-order valence-corrected chi connectivity index (χ0v) is 9.46. The zero-order chi connectivity index (χ0) is 11.6. The Hall–Kier alpha value is -1.36. The molecule has 1 aromatic heterocycles. The van der Waals surface area contributed by atoms with Crippen molar-refractivity contribution >= 4 is 5.91 Å². The van der Waals surface area contributed by atoms with Crippen LogP contribution in [-0.4, -0.2) is 44.4 Å². The molecule has 88 valence electrons. The fraction of sp³-hybridized carbons (Fsp3) is 0.636. The Balaban J connectivity index is 1.87. The van der Waals surface area contributed by atoms with Crippen LogP contribution in [0.25, 0.3) is 0 Å². The van der Waals surface area contributed by atoms with Crippen LogP contribution in [0.15, 0.2) is 18.5 Å². The van der Waals surface area contributed by atoms with Gasteiger partial charge < -0.3 is 10.0 Å². The van der Waals surface area contributed by atoms with Gasteiger partial charge in [0.15, 0.2) is 0 Å². The highest BCUT2D eigenvalue weighted by molar-refractivity contribution is 5.76. The van der Waals surface area contributed by atoms with Crippen LogP contribution in [0.5, 0.6) is 0 Å². The highest BCUT2D eigenvalue weighted by atomic mass is 16.3. The van der Waals surface area contributed by atoms with Gasteiger partial charge in [0, 0.05) is 25.5 Å². The molecule has 0 unspecified atom stereocenters. The molecule has 1 saturated heterocycles. The molecule has 0 atom stereocenters. The van der Waals surface area contributed by atoms with Gasteiger partial charge in [0.1, 0.15) is 6.54 Å². The number of carbonyl (C=O) groups is 1. The van der Waals surface area contributed by atoms with Gasteiger partial charge in [0.25, 0.3) is 0 Å². The van der Waals surface area contributed by atoms with Gasteiger partial charge in [-0.05, 0) is 25.8 Å². The van der Waals surface area contributed by atoms with Crippen molar-refractivity contribution in [2.45, 2.75) is 31.9 Å². The predicted molar refractivity (Wildman–Crippen MR) is 58.7 cm³/mol. The average molecular weight is 223 g/mol. The summed E-state index contributed by atoms with van der Waals surface area (Å²) >= 11 is 0. The van der Waals surface area contributed by atoms with Crippen LogP contribution in [0.1, 0.15) is 19.8 Å². The molecule has 1 N–H and O–H groups in total. The summed E-state index contributed by atoms with van der Waals surface area (Å²) in [4.78, 5) is 13.7. The second-order valence-electron chi connectivity index (χ2n) is 4.58. The van der Waals surface area contributed by atoms with E-state index in [4.69, 9.17) is 0 Å². The maximum atomic E-state index is 11.9. The molecular weight excluding hydrogens is 206 g/mol. The third-order valence-corrected chi connectivity index (χ3v) is 3.05. The lowest BCUT2D eigenvalue weighted by atomic mass is 9.94. The first kappa shape index (κ1) is 11.1. The summed E-state index contributed by atoms with van der Waals surface area (Å²) in [6, 6.07) is 1.80. The van der Waals surface area contributed by atoms with E-state index in [1.54, 1.807) is 28.0 Å². The normalized spacial score (nSPS) is 19.8. The van der Waals surface area contributed by atoms with Crippen molar-refractivity contribution in [3.63, 3.8) is 0 Å². The number of carbonyl (C=O) groups excluding carboxylic acids is 1. The van der Waals surface area contributed by atoms with E-state index in [0.717, 1.165) is 0 Å². The topological polar surface area (TPSA) is 58.4 Å². The maximum Gasteiger partial charge on any atom is 0.244 e. The standard InChI is InChI=1S/C11H17N3O2/c1-11(16)3-7-13(8-4-11)10(15)9-14-6-2-5-12-14/h2,5-6,16H,3-4,7-9H2,1H3. The number of hydrogen-bond acceptors (Lipinski definition) is 3. The number of nitrogens with zero attached hydrogens (tertiary/aromatic N) is 3. The first-order valence-electron chi connectivity index (χ1n) is 5.54. The Kier molecular flexibility index (Phi) is 2.96. The van der Waals surface area contributed by atoms with E-state index in [1.165, 1.54) is 0 Å². The minimum absolute atomic E-state index is 0.0687. The predicted octanol–water partition coefficient (Wildman–Crippen LogP) is 0.256. The van der Waals surface area contributed by atoms with Gasteiger partial charge in [-0.15, -0.1) is 0 Å². The first-order chi connectivity index (χ1) is 7.57. The monoisotopic (exact) mass is 223 g/mol.